The molecule has 1 aliphatic carbocycles. The molecular formula is C11H14ClNO. The molecule has 0 unspecified atom stereocenters. The molecule has 0 heterocycles. The third kappa shape index (κ3) is 2.40. The van der Waals surface area contributed by atoms with Crippen molar-refractivity contribution in [2.45, 2.75) is 19.4 Å². The van der Waals surface area contributed by atoms with Crippen LogP contribution in [0.2, 0.25) is 5.02 Å². The molecule has 0 atom stereocenters. The maximum Gasteiger partial charge on any atom is 0.125 e. The normalized spacial score (nSPS) is 15.6. The van der Waals surface area contributed by atoms with Gasteiger partial charge in [-0.15, -0.1) is 0 Å². The molecular weight excluding hydrogens is 198 g/mol. The Morgan fingerprint density at radius 2 is 2.21 bits per heavy atom. The molecule has 0 aromatic heterocycles. The molecule has 1 aromatic rings. The molecule has 0 spiro atoms. The van der Waals surface area contributed by atoms with Gasteiger partial charge in [-0.3, -0.25) is 0 Å². The van der Waals surface area contributed by atoms with Gasteiger partial charge in [-0.1, -0.05) is 17.7 Å². The predicted octanol–water partition coefficient (Wildman–Crippen LogP) is 2.59. The first kappa shape index (κ1) is 9.81. The Balaban J connectivity index is 2.07. The zero-order chi connectivity index (χ0) is 9.97. The summed E-state index contributed by atoms with van der Waals surface area (Å²) in [6.07, 6.45) is 2.58. The van der Waals surface area contributed by atoms with Crippen LogP contribution >= 0.6 is 11.6 Å². The van der Waals surface area contributed by atoms with Crippen molar-refractivity contribution >= 4 is 11.6 Å². The smallest absolute Gasteiger partial charge is 0.125 e. The van der Waals surface area contributed by atoms with Gasteiger partial charge < -0.3 is 10.5 Å². The van der Waals surface area contributed by atoms with Crippen LogP contribution in [0.25, 0.3) is 0 Å². The number of halogens is 1. The van der Waals surface area contributed by atoms with E-state index in [1.807, 2.05) is 18.2 Å². The molecule has 1 aliphatic rings. The van der Waals surface area contributed by atoms with Crippen LogP contribution < -0.4 is 10.5 Å². The van der Waals surface area contributed by atoms with Gasteiger partial charge in [0.25, 0.3) is 0 Å². The molecule has 2 rings (SSSR count). The van der Waals surface area contributed by atoms with Gasteiger partial charge in [0, 0.05) is 17.1 Å². The minimum absolute atomic E-state index is 0.497. The quantitative estimate of drug-likeness (QED) is 0.831. The summed E-state index contributed by atoms with van der Waals surface area (Å²) >= 11 is 5.88. The molecule has 2 nitrogen and oxygen atoms in total. The van der Waals surface area contributed by atoms with Gasteiger partial charge in [-0.2, -0.15) is 0 Å². The van der Waals surface area contributed by atoms with E-state index in [-0.39, 0.29) is 0 Å². The third-order valence-electron chi connectivity index (χ3n) is 2.42. The maximum absolute atomic E-state index is 5.88. The SMILES string of the molecule is NCc1ccc(Cl)cc1OCC1CC1. The lowest BCUT2D eigenvalue weighted by Crippen LogP contribution is -2.04. The fourth-order valence-electron chi connectivity index (χ4n) is 1.32. The minimum atomic E-state index is 0.497. The largest absolute Gasteiger partial charge is 0.493 e. The van der Waals surface area contributed by atoms with Gasteiger partial charge in [0.2, 0.25) is 0 Å². The summed E-state index contributed by atoms with van der Waals surface area (Å²) < 4.78 is 5.67. The zero-order valence-corrected chi connectivity index (χ0v) is 8.76. The molecule has 0 aliphatic heterocycles. The second-order valence-corrected chi connectivity index (χ2v) is 4.15. The van der Waals surface area contributed by atoms with Crippen molar-refractivity contribution in [3.05, 3.63) is 28.8 Å². The van der Waals surface area contributed by atoms with Crippen molar-refractivity contribution in [2.75, 3.05) is 6.61 Å². The molecule has 0 amide bonds. The predicted molar refractivity (Wildman–Crippen MR) is 57.6 cm³/mol. The number of rotatable bonds is 4. The summed E-state index contributed by atoms with van der Waals surface area (Å²) in [5, 5.41) is 0.702. The van der Waals surface area contributed by atoms with Crippen LogP contribution in [0.15, 0.2) is 18.2 Å². The first-order valence-corrected chi connectivity index (χ1v) is 5.28. The molecule has 0 radical (unpaired) electrons. The topological polar surface area (TPSA) is 35.2 Å². The van der Waals surface area contributed by atoms with E-state index in [0.29, 0.717) is 11.6 Å². The van der Waals surface area contributed by atoms with Crippen LogP contribution in [-0.2, 0) is 6.54 Å². The highest BCUT2D eigenvalue weighted by molar-refractivity contribution is 6.30. The summed E-state index contributed by atoms with van der Waals surface area (Å²) in [6.45, 7) is 1.30. The van der Waals surface area contributed by atoms with Gasteiger partial charge in [0.1, 0.15) is 5.75 Å². The summed E-state index contributed by atoms with van der Waals surface area (Å²) in [5.41, 5.74) is 6.62. The minimum Gasteiger partial charge on any atom is -0.493 e. The summed E-state index contributed by atoms with van der Waals surface area (Å²) in [5.74, 6) is 1.59. The Bertz CT molecular complexity index is 323. The van der Waals surface area contributed by atoms with Crippen molar-refractivity contribution < 1.29 is 4.74 Å². The molecule has 1 saturated carbocycles. The van der Waals surface area contributed by atoms with Crippen molar-refractivity contribution in [2.24, 2.45) is 11.7 Å². The van der Waals surface area contributed by atoms with Crippen LogP contribution in [0.1, 0.15) is 18.4 Å². The molecule has 14 heavy (non-hydrogen) atoms. The Kier molecular flexibility index (Phi) is 2.94. The van der Waals surface area contributed by atoms with E-state index in [1.54, 1.807) is 0 Å². The van der Waals surface area contributed by atoms with Gasteiger partial charge in [0.05, 0.1) is 6.61 Å². The van der Waals surface area contributed by atoms with Crippen LogP contribution in [0.3, 0.4) is 0 Å². The Morgan fingerprint density at radius 3 is 2.86 bits per heavy atom. The van der Waals surface area contributed by atoms with Crippen molar-refractivity contribution in [1.29, 1.82) is 0 Å². The number of benzene rings is 1. The van der Waals surface area contributed by atoms with E-state index >= 15 is 0 Å². The average molecular weight is 212 g/mol. The molecule has 3 heteroatoms. The highest BCUT2D eigenvalue weighted by atomic mass is 35.5. The van der Waals surface area contributed by atoms with Crippen LogP contribution in [0.4, 0.5) is 0 Å². The molecule has 1 aromatic carbocycles. The van der Waals surface area contributed by atoms with Crippen LogP contribution in [-0.4, -0.2) is 6.61 Å². The molecule has 0 bridgehead atoms. The fraction of sp³-hybridized carbons (Fsp3) is 0.455. The van der Waals surface area contributed by atoms with Gasteiger partial charge in [0.15, 0.2) is 0 Å². The third-order valence-corrected chi connectivity index (χ3v) is 2.66. The Labute approximate surface area is 89.0 Å². The summed E-state index contributed by atoms with van der Waals surface area (Å²) in [7, 11) is 0. The number of nitrogens with two attached hydrogens (primary N) is 1. The monoisotopic (exact) mass is 211 g/mol. The summed E-state index contributed by atoms with van der Waals surface area (Å²) in [6, 6.07) is 5.60. The van der Waals surface area contributed by atoms with E-state index in [9.17, 15) is 0 Å². The van der Waals surface area contributed by atoms with Gasteiger partial charge in [-0.05, 0) is 30.9 Å². The maximum atomic E-state index is 5.88. The second-order valence-electron chi connectivity index (χ2n) is 3.71. The van der Waals surface area contributed by atoms with E-state index in [2.05, 4.69) is 0 Å². The Morgan fingerprint density at radius 1 is 1.43 bits per heavy atom. The molecule has 1 fully saturated rings. The van der Waals surface area contributed by atoms with E-state index in [4.69, 9.17) is 22.1 Å². The lowest BCUT2D eigenvalue weighted by atomic mass is 10.2. The molecule has 2 N–H and O–H groups in total. The van der Waals surface area contributed by atoms with Gasteiger partial charge in [-0.25, -0.2) is 0 Å². The number of ether oxygens (including phenoxy) is 1. The first-order valence-electron chi connectivity index (χ1n) is 4.91. The molecule has 0 saturated heterocycles. The first-order chi connectivity index (χ1) is 6.79. The van der Waals surface area contributed by atoms with E-state index in [1.165, 1.54) is 12.8 Å². The standard InChI is InChI=1S/C11H14ClNO/c12-10-4-3-9(6-13)11(5-10)14-7-8-1-2-8/h3-5,8H,1-2,6-7,13H2. The molecule has 76 valence electrons. The second kappa shape index (κ2) is 4.20. The summed E-state index contributed by atoms with van der Waals surface area (Å²) in [4.78, 5) is 0. The highest BCUT2D eigenvalue weighted by Gasteiger charge is 2.22. The fourth-order valence-corrected chi connectivity index (χ4v) is 1.49. The number of hydrogen-bond donors (Lipinski definition) is 1. The zero-order valence-electron chi connectivity index (χ0n) is 8.00. The van der Waals surface area contributed by atoms with Crippen LogP contribution in [0, 0.1) is 5.92 Å². The van der Waals surface area contributed by atoms with E-state index < -0.39 is 0 Å². The number of hydrogen-bond acceptors (Lipinski definition) is 2. The van der Waals surface area contributed by atoms with E-state index in [0.717, 1.165) is 23.8 Å². The average Bonchev–Trinajstić information content (AvgIpc) is 2.98. The van der Waals surface area contributed by atoms with Crippen molar-refractivity contribution in [1.82, 2.24) is 0 Å². The van der Waals surface area contributed by atoms with Crippen molar-refractivity contribution in [3.63, 3.8) is 0 Å². The van der Waals surface area contributed by atoms with Crippen LogP contribution in [0.5, 0.6) is 5.75 Å². The van der Waals surface area contributed by atoms with Crippen molar-refractivity contribution in [3.8, 4) is 5.75 Å². The highest BCUT2D eigenvalue weighted by Crippen LogP contribution is 2.31. The van der Waals surface area contributed by atoms with Gasteiger partial charge >= 0.3 is 0 Å². The lowest BCUT2D eigenvalue weighted by Gasteiger charge is -2.09. The Hall–Kier alpha value is -0.730. The lowest BCUT2D eigenvalue weighted by molar-refractivity contribution is 0.297.